The van der Waals surface area contributed by atoms with Gasteiger partial charge in [-0.15, -0.1) is 0 Å². The van der Waals surface area contributed by atoms with E-state index in [0.29, 0.717) is 19.0 Å². The molecule has 5 aliphatic rings. The van der Waals surface area contributed by atoms with Gasteiger partial charge in [-0.2, -0.15) is 0 Å². The van der Waals surface area contributed by atoms with Crippen molar-refractivity contribution in [2.45, 2.75) is 95.3 Å². The zero-order chi connectivity index (χ0) is 23.9. The van der Waals surface area contributed by atoms with Crippen LogP contribution >= 0.6 is 0 Å². The number of likely N-dealkylation sites (tertiary alicyclic amines) is 1. The van der Waals surface area contributed by atoms with E-state index < -0.39 is 6.04 Å². The molecule has 1 unspecified atom stereocenters. The number of piperidine rings is 1. The molecule has 188 valence electrons. The number of nitrogens with zero attached hydrogens (tertiary/aromatic N) is 3. The maximum atomic E-state index is 13.4. The molecular weight excluding hydrogens is 440 g/mol. The molecule has 35 heavy (non-hydrogen) atoms. The van der Waals surface area contributed by atoms with E-state index in [-0.39, 0.29) is 24.1 Å². The van der Waals surface area contributed by atoms with Crippen LogP contribution in [0, 0.1) is 5.92 Å². The molecule has 0 radical (unpaired) electrons. The maximum absolute atomic E-state index is 13.4. The van der Waals surface area contributed by atoms with Crippen LogP contribution in [0.15, 0.2) is 18.2 Å². The number of carbonyl (C=O) groups excluding carboxylic acids is 3. The van der Waals surface area contributed by atoms with Crippen LogP contribution in [-0.2, 0) is 16.1 Å². The molecule has 7 heteroatoms. The van der Waals surface area contributed by atoms with Gasteiger partial charge in [-0.05, 0) is 82.5 Å². The number of hydrogen-bond donors (Lipinski definition) is 1. The summed E-state index contributed by atoms with van der Waals surface area (Å²) in [5.41, 5.74) is 2.99. The van der Waals surface area contributed by atoms with E-state index in [9.17, 15) is 14.4 Å². The summed E-state index contributed by atoms with van der Waals surface area (Å²) in [5, 5.41) is 2.42. The lowest BCUT2D eigenvalue weighted by Crippen LogP contribution is -2.52. The van der Waals surface area contributed by atoms with E-state index in [2.05, 4.69) is 21.2 Å². The van der Waals surface area contributed by atoms with Crippen molar-refractivity contribution in [3.8, 4) is 0 Å². The highest BCUT2D eigenvalue weighted by molar-refractivity contribution is 6.06. The second-order valence-corrected chi connectivity index (χ2v) is 11.3. The highest BCUT2D eigenvalue weighted by Gasteiger charge is 2.41. The number of fused-ring (bicyclic) bond motifs is 1. The molecule has 7 nitrogen and oxygen atoms in total. The van der Waals surface area contributed by atoms with Crippen LogP contribution < -0.4 is 10.2 Å². The van der Waals surface area contributed by atoms with Crippen molar-refractivity contribution in [1.82, 2.24) is 15.1 Å². The lowest BCUT2D eigenvalue weighted by atomic mass is 9.88. The third-order valence-corrected chi connectivity index (χ3v) is 9.11. The van der Waals surface area contributed by atoms with Crippen molar-refractivity contribution >= 4 is 23.4 Å². The number of benzene rings is 1. The van der Waals surface area contributed by atoms with Crippen LogP contribution in [0.3, 0.4) is 0 Å². The average molecular weight is 479 g/mol. The Hall–Kier alpha value is -2.41. The molecule has 1 atom stereocenters. The van der Waals surface area contributed by atoms with Gasteiger partial charge in [0.1, 0.15) is 6.04 Å². The monoisotopic (exact) mass is 478 g/mol. The first-order chi connectivity index (χ1) is 17.1. The number of carbonyl (C=O) groups is 3. The Bertz CT molecular complexity index is 992. The van der Waals surface area contributed by atoms with E-state index in [1.165, 1.54) is 76.6 Å². The van der Waals surface area contributed by atoms with Crippen LogP contribution in [0.5, 0.6) is 0 Å². The van der Waals surface area contributed by atoms with Gasteiger partial charge in [0.25, 0.3) is 5.91 Å². The molecular formula is C28H38N4O3. The van der Waals surface area contributed by atoms with Gasteiger partial charge >= 0.3 is 0 Å². The third-order valence-electron chi connectivity index (χ3n) is 9.11. The fraction of sp³-hybridized carbons (Fsp3) is 0.679. The second-order valence-electron chi connectivity index (χ2n) is 11.3. The van der Waals surface area contributed by atoms with Gasteiger partial charge < -0.3 is 14.7 Å². The zero-order valence-electron chi connectivity index (χ0n) is 20.7. The molecule has 1 aromatic rings. The van der Waals surface area contributed by atoms with Crippen molar-refractivity contribution in [3.63, 3.8) is 0 Å². The lowest BCUT2D eigenvalue weighted by Gasteiger charge is -2.41. The number of nitrogens with one attached hydrogen (secondary N) is 1. The van der Waals surface area contributed by atoms with Gasteiger partial charge in [0.2, 0.25) is 11.8 Å². The molecule has 0 bridgehead atoms. The topological polar surface area (TPSA) is 73.0 Å². The largest absolute Gasteiger partial charge is 0.368 e. The minimum atomic E-state index is -0.559. The van der Waals surface area contributed by atoms with E-state index in [1.54, 1.807) is 4.90 Å². The molecule has 0 spiro atoms. The normalized spacial score (nSPS) is 29.4. The minimum absolute atomic E-state index is 0.0729. The molecule has 0 aromatic heterocycles. The van der Waals surface area contributed by atoms with Crippen LogP contribution in [-0.4, -0.2) is 65.3 Å². The summed E-state index contributed by atoms with van der Waals surface area (Å²) in [5.74, 6) is 0.203. The summed E-state index contributed by atoms with van der Waals surface area (Å²) in [6.45, 7) is 4.04. The highest BCUT2D eigenvalue weighted by atomic mass is 16.2. The van der Waals surface area contributed by atoms with Crippen molar-refractivity contribution in [3.05, 3.63) is 29.3 Å². The molecule has 6 rings (SSSR count). The Kier molecular flexibility index (Phi) is 6.29. The third kappa shape index (κ3) is 4.59. The van der Waals surface area contributed by atoms with Gasteiger partial charge in [0.05, 0.1) is 0 Å². The van der Waals surface area contributed by atoms with Crippen molar-refractivity contribution in [1.29, 1.82) is 0 Å². The van der Waals surface area contributed by atoms with Gasteiger partial charge in [-0.1, -0.05) is 18.9 Å². The summed E-state index contributed by atoms with van der Waals surface area (Å²) in [6.07, 6.45) is 12.3. The predicted molar refractivity (Wildman–Crippen MR) is 134 cm³/mol. The van der Waals surface area contributed by atoms with Gasteiger partial charge in [0.15, 0.2) is 0 Å². The van der Waals surface area contributed by atoms with Crippen LogP contribution in [0.25, 0.3) is 0 Å². The SMILES string of the molecule is O=C1CCC(N2Cc3c(cccc3N(CCC3CC3)C3CCC(N4CCCC4)CC3)C2=O)C(=O)N1. The summed E-state index contributed by atoms with van der Waals surface area (Å²) in [7, 11) is 0. The Balaban J connectivity index is 1.22. The lowest BCUT2D eigenvalue weighted by molar-refractivity contribution is -0.136. The van der Waals surface area contributed by atoms with Crippen LogP contribution in [0.1, 0.15) is 86.6 Å². The Morgan fingerprint density at radius 2 is 1.71 bits per heavy atom. The summed E-state index contributed by atoms with van der Waals surface area (Å²) < 4.78 is 0. The molecule has 3 heterocycles. The Labute approximate surface area is 208 Å². The van der Waals surface area contributed by atoms with Crippen LogP contribution in [0.2, 0.25) is 0 Å². The predicted octanol–water partition coefficient (Wildman–Crippen LogP) is 3.46. The van der Waals surface area contributed by atoms with E-state index in [4.69, 9.17) is 0 Å². The number of amides is 3. The second kappa shape index (κ2) is 9.57. The average Bonchev–Trinajstić information content (AvgIpc) is 3.40. The van der Waals surface area contributed by atoms with E-state index in [0.717, 1.165) is 29.6 Å². The van der Waals surface area contributed by atoms with Crippen molar-refractivity contribution < 1.29 is 14.4 Å². The fourth-order valence-electron chi connectivity index (χ4n) is 6.91. The Morgan fingerprint density at radius 1 is 0.943 bits per heavy atom. The standard InChI is InChI=1S/C28H38N4O3/c33-26-13-12-25(27(34)29-26)32-18-23-22(28(32)35)4-3-5-24(23)31(17-14-19-6-7-19)21-10-8-20(9-11-21)30-15-1-2-16-30/h3-5,19-21,25H,1-2,6-18H2,(H,29,33,34). The fourth-order valence-corrected chi connectivity index (χ4v) is 6.91. The molecule has 3 aliphatic heterocycles. The molecule has 2 saturated heterocycles. The minimum Gasteiger partial charge on any atom is -0.368 e. The first-order valence-electron chi connectivity index (χ1n) is 13.9. The first-order valence-corrected chi connectivity index (χ1v) is 13.9. The number of imide groups is 1. The quantitative estimate of drug-likeness (QED) is 0.608. The Morgan fingerprint density at radius 3 is 2.43 bits per heavy atom. The summed E-state index contributed by atoms with van der Waals surface area (Å²) in [6, 6.07) is 6.82. The molecule has 2 saturated carbocycles. The maximum Gasteiger partial charge on any atom is 0.255 e. The summed E-state index contributed by atoms with van der Waals surface area (Å²) in [4.78, 5) is 44.6. The van der Waals surface area contributed by atoms with E-state index in [1.807, 2.05) is 12.1 Å². The molecule has 3 amide bonds. The van der Waals surface area contributed by atoms with Gasteiger partial charge in [-0.25, -0.2) is 0 Å². The number of hydrogen-bond acceptors (Lipinski definition) is 5. The smallest absolute Gasteiger partial charge is 0.255 e. The van der Waals surface area contributed by atoms with Crippen molar-refractivity contribution in [2.24, 2.45) is 5.92 Å². The van der Waals surface area contributed by atoms with Gasteiger partial charge in [0, 0.05) is 48.4 Å². The molecule has 1 N–H and O–H groups in total. The number of anilines is 1. The van der Waals surface area contributed by atoms with E-state index >= 15 is 0 Å². The van der Waals surface area contributed by atoms with Crippen molar-refractivity contribution in [2.75, 3.05) is 24.5 Å². The molecule has 1 aromatic carbocycles. The summed E-state index contributed by atoms with van der Waals surface area (Å²) >= 11 is 0. The first kappa shape index (κ1) is 23.0. The molecule has 4 fully saturated rings. The zero-order valence-corrected chi connectivity index (χ0v) is 20.7. The highest BCUT2D eigenvalue weighted by Crippen LogP contribution is 2.40. The van der Waals surface area contributed by atoms with Crippen LogP contribution in [0.4, 0.5) is 5.69 Å². The molecule has 2 aliphatic carbocycles. The number of rotatable bonds is 7. The van der Waals surface area contributed by atoms with Gasteiger partial charge in [-0.3, -0.25) is 19.7 Å².